The van der Waals surface area contributed by atoms with Gasteiger partial charge in [0.15, 0.2) is 5.78 Å². The zero-order valence-corrected chi connectivity index (χ0v) is 13.1. The van der Waals surface area contributed by atoms with Crippen LogP contribution in [0.25, 0.3) is 0 Å². The maximum atomic E-state index is 11.4. The van der Waals surface area contributed by atoms with E-state index in [1.54, 1.807) is 24.1 Å². The Kier molecular flexibility index (Phi) is 5.30. The van der Waals surface area contributed by atoms with Gasteiger partial charge in [-0.3, -0.25) is 14.9 Å². The van der Waals surface area contributed by atoms with Gasteiger partial charge in [0.25, 0.3) is 5.69 Å². The van der Waals surface area contributed by atoms with Crippen LogP contribution >= 0.6 is 0 Å². The highest BCUT2D eigenvalue weighted by Gasteiger charge is 2.19. The molecule has 6 nitrogen and oxygen atoms in total. The number of nitro groups is 1. The lowest BCUT2D eigenvalue weighted by Crippen LogP contribution is -2.24. The Balaban J connectivity index is 2.07. The highest BCUT2D eigenvalue weighted by Crippen LogP contribution is 2.28. The molecule has 0 aromatic heterocycles. The number of rotatable bonds is 7. The summed E-state index contributed by atoms with van der Waals surface area (Å²) in [5, 5.41) is 11.2. The smallest absolute Gasteiger partial charge is 0.293 e. The highest BCUT2D eigenvalue weighted by atomic mass is 16.6. The van der Waals surface area contributed by atoms with Gasteiger partial charge in [0.2, 0.25) is 0 Å². The first kappa shape index (κ1) is 16.5. The molecule has 0 atom stereocenters. The number of hydrogen-bond acceptors (Lipinski definition) is 5. The average molecular weight is 314 g/mol. The van der Waals surface area contributed by atoms with Crippen molar-refractivity contribution < 1.29 is 14.5 Å². The predicted octanol–water partition coefficient (Wildman–Crippen LogP) is 3.31. The molecule has 0 bridgehead atoms. The van der Waals surface area contributed by atoms with Crippen molar-refractivity contribution >= 4 is 17.2 Å². The van der Waals surface area contributed by atoms with E-state index in [-0.39, 0.29) is 11.5 Å². The third kappa shape index (κ3) is 4.29. The van der Waals surface area contributed by atoms with Crippen LogP contribution in [0.3, 0.4) is 0 Å². The molecule has 2 aromatic carbocycles. The van der Waals surface area contributed by atoms with Crippen molar-refractivity contribution in [2.24, 2.45) is 0 Å². The molecule has 0 fully saturated rings. The minimum absolute atomic E-state index is 0.0834. The molecule has 2 rings (SSSR count). The SMILES string of the molecule is CC(=O)c1ccc(N(C)CCOc2ccccc2)c([N+](=O)[O-])c1. The normalized spacial score (nSPS) is 10.2. The minimum atomic E-state index is -0.476. The predicted molar refractivity (Wildman–Crippen MR) is 88.3 cm³/mol. The number of carbonyl (C=O) groups is 1. The van der Waals surface area contributed by atoms with E-state index >= 15 is 0 Å². The van der Waals surface area contributed by atoms with Crippen molar-refractivity contribution in [1.82, 2.24) is 0 Å². The number of benzene rings is 2. The minimum Gasteiger partial charge on any atom is -0.492 e. The first-order valence-corrected chi connectivity index (χ1v) is 7.17. The summed E-state index contributed by atoms with van der Waals surface area (Å²) in [7, 11) is 1.75. The lowest BCUT2D eigenvalue weighted by atomic mass is 10.1. The maximum Gasteiger partial charge on any atom is 0.293 e. The van der Waals surface area contributed by atoms with Gasteiger partial charge in [-0.2, -0.15) is 0 Å². The van der Waals surface area contributed by atoms with Crippen LogP contribution in [0.2, 0.25) is 0 Å². The molecule has 0 aliphatic carbocycles. The lowest BCUT2D eigenvalue weighted by molar-refractivity contribution is -0.384. The van der Waals surface area contributed by atoms with Gasteiger partial charge in [-0.25, -0.2) is 0 Å². The van der Waals surface area contributed by atoms with E-state index in [2.05, 4.69) is 0 Å². The van der Waals surface area contributed by atoms with Gasteiger partial charge in [0.1, 0.15) is 18.0 Å². The molecule has 0 spiro atoms. The van der Waals surface area contributed by atoms with E-state index < -0.39 is 4.92 Å². The molecule has 6 heteroatoms. The Morgan fingerprint density at radius 2 is 1.91 bits per heavy atom. The molecule has 23 heavy (non-hydrogen) atoms. The van der Waals surface area contributed by atoms with Gasteiger partial charge in [-0.1, -0.05) is 18.2 Å². The molecule has 120 valence electrons. The van der Waals surface area contributed by atoms with E-state index in [9.17, 15) is 14.9 Å². The molecule has 0 aliphatic rings. The summed E-state index contributed by atoms with van der Waals surface area (Å²) in [5.41, 5.74) is 0.700. The second kappa shape index (κ2) is 7.40. The Labute approximate surface area is 134 Å². The third-order valence-electron chi connectivity index (χ3n) is 3.43. The molecule has 0 radical (unpaired) electrons. The molecule has 2 aromatic rings. The van der Waals surface area contributed by atoms with Crippen molar-refractivity contribution in [2.75, 3.05) is 25.1 Å². The van der Waals surface area contributed by atoms with E-state index in [0.29, 0.717) is 24.4 Å². The van der Waals surface area contributed by atoms with Crippen LogP contribution in [0.4, 0.5) is 11.4 Å². The van der Waals surface area contributed by atoms with Gasteiger partial charge in [-0.15, -0.1) is 0 Å². The molecule has 0 saturated heterocycles. The van der Waals surface area contributed by atoms with Crippen molar-refractivity contribution in [1.29, 1.82) is 0 Å². The molecule has 0 unspecified atom stereocenters. The van der Waals surface area contributed by atoms with Gasteiger partial charge >= 0.3 is 0 Å². The number of anilines is 1. The number of nitro benzene ring substituents is 1. The molecular weight excluding hydrogens is 296 g/mol. The van der Waals surface area contributed by atoms with E-state index in [0.717, 1.165) is 5.75 Å². The number of carbonyl (C=O) groups excluding carboxylic acids is 1. The summed E-state index contributed by atoms with van der Waals surface area (Å²) in [6, 6.07) is 13.9. The molecule has 0 N–H and O–H groups in total. The molecule has 0 aliphatic heterocycles. The lowest BCUT2D eigenvalue weighted by Gasteiger charge is -2.19. The quantitative estimate of drug-likeness (QED) is 0.445. The highest BCUT2D eigenvalue weighted by molar-refractivity contribution is 5.95. The van der Waals surface area contributed by atoms with Crippen LogP contribution in [-0.4, -0.2) is 30.9 Å². The number of Topliss-reactive ketones (excluding diaryl/α,β-unsaturated/α-hetero) is 1. The maximum absolute atomic E-state index is 11.4. The second-order valence-corrected chi connectivity index (χ2v) is 5.10. The Hall–Kier alpha value is -2.89. The fraction of sp³-hybridized carbons (Fsp3) is 0.235. The monoisotopic (exact) mass is 314 g/mol. The van der Waals surface area contributed by atoms with Crippen molar-refractivity contribution in [3.8, 4) is 5.75 Å². The second-order valence-electron chi connectivity index (χ2n) is 5.10. The number of hydrogen-bond donors (Lipinski definition) is 0. The molecular formula is C17H18N2O4. The van der Waals surface area contributed by atoms with Gasteiger partial charge in [-0.05, 0) is 31.2 Å². The number of ketones is 1. The number of nitrogens with zero attached hydrogens (tertiary/aromatic N) is 2. The van der Waals surface area contributed by atoms with Crippen LogP contribution in [0.15, 0.2) is 48.5 Å². The Morgan fingerprint density at radius 1 is 1.22 bits per heavy atom. The van der Waals surface area contributed by atoms with E-state index in [1.165, 1.54) is 13.0 Å². The Morgan fingerprint density at radius 3 is 2.52 bits per heavy atom. The third-order valence-corrected chi connectivity index (χ3v) is 3.43. The van der Waals surface area contributed by atoms with Crippen molar-refractivity contribution in [2.45, 2.75) is 6.92 Å². The first-order chi connectivity index (χ1) is 11.0. The molecule has 0 saturated carbocycles. The summed E-state index contributed by atoms with van der Waals surface area (Å²) in [6.45, 7) is 2.26. The first-order valence-electron chi connectivity index (χ1n) is 7.17. The standard InChI is InChI=1S/C17H18N2O4/c1-13(20)14-8-9-16(17(12-14)19(21)22)18(2)10-11-23-15-6-4-3-5-7-15/h3-9,12H,10-11H2,1-2H3. The summed E-state index contributed by atoms with van der Waals surface area (Å²) in [6.07, 6.45) is 0. The zero-order chi connectivity index (χ0) is 16.8. The average Bonchev–Trinajstić information content (AvgIpc) is 2.55. The summed E-state index contributed by atoms with van der Waals surface area (Å²) in [4.78, 5) is 23.9. The van der Waals surface area contributed by atoms with Crippen LogP contribution in [-0.2, 0) is 0 Å². The fourth-order valence-corrected chi connectivity index (χ4v) is 2.15. The number of ether oxygens (including phenoxy) is 1. The van der Waals surface area contributed by atoms with E-state index in [1.807, 2.05) is 30.3 Å². The Bertz CT molecular complexity index is 701. The van der Waals surface area contributed by atoms with E-state index in [4.69, 9.17) is 4.74 Å². The van der Waals surface area contributed by atoms with Crippen LogP contribution in [0.5, 0.6) is 5.75 Å². The van der Waals surface area contributed by atoms with Crippen LogP contribution < -0.4 is 9.64 Å². The van der Waals surface area contributed by atoms with Crippen LogP contribution in [0.1, 0.15) is 17.3 Å². The van der Waals surface area contributed by atoms with Crippen molar-refractivity contribution in [3.05, 3.63) is 64.2 Å². The molecule has 0 heterocycles. The zero-order valence-electron chi connectivity index (χ0n) is 13.1. The van der Waals surface area contributed by atoms with Gasteiger partial charge in [0, 0.05) is 18.7 Å². The van der Waals surface area contributed by atoms with Crippen molar-refractivity contribution in [3.63, 3.8) is 0 Å². The number of likely N-dealkylation sites (N-methyl/N-ethyl adjacent to an activating group) is 1. The largest absolute Gasteiger partial charge is 0.492 e. The number of para-hydroxylation sites is 1. The van der Waals surface area contributed by atoms with Gasteiger partial charge in [0.05, 0.1) is 11.5 Å². The topological polar surface area (TPSA) is 72.7 Å². The van der Waals surface area contributed by atoms with Gasteiger partial charge < -0.3 is 9.64 Å². The molecule has 0 amide bonds. The fourth-order valence-electron chi connectivity index (χ4n) is 2.15. The summed E-state index contributed by atoms with van der Waals surface area (Å²) >= 11 is 0. The summed E-state index contributed by atoms with van der Waals surface area (Å²) in [5.74, 6) is 0.553. The summed E-state index contributed by atoms with van der Waals surface area (Å²) < 4.78 is 5.59. The van der Waals surface area contributed by atoms with Crippen LogP contribution in [0, 0.1) is 10.1 Å².